The van der Waals surface area contributed by atoms with Crippen LogP contribution in [0.1, 0.15) is 30.5 Å². The number of likely N-dealkylation sites (tertiary alicyclic amines) is 1. The standard InChI is InChI=1S/C14H22N2O/c1-3-16-9-8-13(15)14(16)12-7-5-4-6-11(12)10-17-2/h4-7,13-14H,3,8-10,15H2,1-2H3. The number of hydrogen-bond donors (Lipinski definition) is 1. The highest BCUT2D eigenvalue weighted by atomic mass is 16.5. The number of benzene rings is 1. The molecule has 0 amide bonds. The summed E-state index contributed by atoms with van der Waals surface area (Å²) in [6.45, 7) is 5.02. The van der Waals surface area contributed by atoms with E-state index in [0.29, 0.717) is 12.6 Å². The minimum atomic E-state index is 0.243. The van der Waals surface area contributed by atoms with Gasteiger partial charge in [-0.1, -0.05) is 31.2 Å². The van der Waals surface area contributed by atoms with Crippen molar-refractivity contribution >= 4 is 0 Å². The van der Waals surface area contributed by atoms with E-state index in [4.69, 9.17) is 10.5 Å². The van der Waals surface area contributed by atoms with E-state index in [1.165, 1.54) is 11.1 Å². The highest BCUT2D eigenvalue weighted by Gasteiger charge is 2.32. The van der Waals surface area contributed by atoms with Gasteiger partial charge in [-0.2, -0.15) is 0 Å². The number of nitrogens with two attached hydrogens (primary N) is 1. The fraction of sp³-hybridized carbons (Fsp3) is 0.571. The Kier molecular flexibility index (Phi) is 4.15. The second-order valence-corrected chi connectivity index (χ2v) is 4.66. The normalized spacial score (nSPS) is 25.4. The summed E-state index contributed by atoms with van der Waals surface area (Å²) >= 11 is 0. The van der Waals surface area contributed by atoms with Gasteiger partial charge in [-0.3, -0.25) is 4.90 Å². The molecule has 1 fully saturated rings. The zero-order valence-electron chi connectivity index (χ0n) is 10.7. The van der Waals surface area contributed by atoms with Crippen molar-refractivity contribution in [3.8, 4) is 0 Å². The van der Waals surface area contributed by atoms with Gasteiger partial charge in [-0.15, -0.1) is 0 Å². The monoisotopic (exact) mass is 234 g/mol. The molecule has 3 nitrogen and oxygen atoms in total. The third-order valence-corrected chi connectivity index (χ3v) is 3.63. The fourth-order valence-electron chi connectivity index (χ4n) is 2.77. The predicted molar refractivity (Wildman–Crippen MR) is 69.7 cm³/mol. The number of hydrogen-bond acceptors (Lipinski definition) is 3. The average Bonchev–Trinajstić information content (AvgIpc) is 2.72. The van der Waals surface area contributed by atoms with E-state index in [-0.39, 0.29) is 6.04 Å². The Morgan fingerprint density at radius 3 is 2.88 bits per heavy atom. The van der Waals surface area contributed by atoms with Crippen LogP contribution in [0, 0.1) is 0 Å². The number of methoxy groups -OCH3 is 1. The van der Waals surface area contributed by atoms with Crippen molar-refractivity contribution < 1.29 is 4.74 Å². The van der Waals surface area contributed by atoms with Crippen molar-refractivity contribution in [3.63, 3.8) is 0 Å². The summed E-state index contributed by atoms with van der Waals surface area (Å²) in [4.78, 5) is 2.46. The van der Waals surface area contributed by atoms with E-state index in [2.05, 4.69) is 36.1 Å². The zero-order chi connectivity index (χ0) is 12.3. The SMILES string of the molecule is CCN1CCC(N)C1c1ccccc1COC. The molecule has 0 aromatic heterocycles. The zero-order valence-corrected chi connectivity index (χ0v) is 10.7. The number of likely N-dealkylation sites (N-methyl/N-ethyl adjacent to an activating group) is 1. The van der Waals surface area contributed by atoms with Crippen LogP contribution in [0.5, 0.6) is 0 Å². The molecular weight excluding hydrogens is 212 g/mol. The summed E-state index contributed by atoms with van der Waals surface area (Å²) in [5.74, 6) is 0. The van der Waals surface area contributed by atoms with E-state index in [1.54, 1.807) is 7.11 Å². The quantitative estimate of drug-likeness (QED) is 0.865. The maximum absolute atomic E-state index is 6.26. The Morgan fingerprint density at radius 1 is 1.41 bits per heavy atom. The van der Waals surface area contributed by atoms with Crippen LogP contribution in [0.15, 0.2) is 24.3 Å². The van der Waals surface area contributed by atoms with E-state index in [1.807, 2.05) is 0 Å². The van der Waals surface area contributed by atoms with E-state index < -0.39 is 0 Å². The highest BCUT2D eigenvalue weighted by molar-refractivity contribution is 5.31. The Bertz CT molecular complexity index is 367. The maximum atomic E-state index is 6.26. The fourth-order valence-corrected chi connectivity index (χ4v) is 2.77. The lowest BCUT2D eigenvalue weighted by Gasteiger charge is -2.27. The smallest absolute Gasteiger partial charge is 0.0716 e. The van der Waals surface area contributed by atoms with Crippen LogP contribution in [-0.4, -0.2) is 31.1 Å². The van der Waals surface area contributed by atoms with Crippen LogP contribution in [0.4, 0.5) is 0 Å². The number of nitrogens with zero attached hydrogens (tertiary/aromatic N) is 1. The molecule has 0 aliphatic carbocycles. The van der Waals surface area contributed by atoms with Gasteiger partial charge < -0.3 is 10.5 Å². The van der Waals surface area contributed by atoms with Crippen molar-refractivity contribution in [2.24, 2.45) is 5.73 Å². The first-order chi connectivity index (χ1) is 8.27. The molecule has 2 rings (SSSR count). The number of rotatable bonds is 4. The van der Waals surface area contributed by atoms with Crippen molar-refractivity contribution in [1.29, 1.82) is 0 Å². The van der Waals surface area contributed by atoms with Crippen LogP contribution >= 0.6 is 0 Å². The third-order valence-electron chi connectivity index (χ3n) is 3.63. The number of ether oxygens (including phenoxy) is 1. The lowest BCUT2D eigenvalue weighted by molar-refractivity contribution is 0.180. The summed E-state index contributed by atoms with van der Waals surface area (Å²) in [7, 11) is 1.74. The summed E-state index contributed by atoms with van der Waals surface area (Å²) in [6, 6.07) is 9.08. The first kappa shape index (κ1) is 12.6. The van der Waals surface area contributed by atoms with Gasteiger partial charge in [0.1, 0.15) is 0 Å². The molecule has 0 spiro atoms. The molecular formula is C14H22N2O. The van der Waals surface area contributed by atoms with Gasteiger partial charge in [0.15, 0.2) is 0 Å². The molecule has 2 unspecified atom stereocenters. The molecule has 94 valence electrons. The molecule has 0 radical (unpaired) electrons. The maximum Gasteiger partial charge on any atom is 0.0716 e. The van der Waals surface area contributed by atoms with Crippen LogP contribution in [-0.2, 0) is 11.3 Å². The predicted octanol–water partition coefficient (Wildman–Crippen LogP) is 1.93. The second-order valence-electron chi connectivity index (χ2n) is 4.66. The largest absolute Gasteiger partial charge is 0.380 e. The Balaban J connectivity index is 2.31. The molecule has 1 aromatic carbocycles. The van der Waals surface area contributed by atoms with Gasteiger partial charge in [0.2, 0.25) is 0 Å². The third kappa shape index (κ3) is 2.51. The van der Waals surface area contributed by atoms with Gasteiger partial charge in [0.05, 0.1) is 12.6 Å². The van der Waals surface area contributed by atoms with Crippen LogP contribution in [0.25, 0.3) is 0 Å². The first-order valence-corrected chi connectivity index (χ1v) is 6.34. The van der Waals surface area contributed by atoms with Gasteiger partial charge in [0, 0.05) is 19.7 Å². The molecule has 2 N–H and O–H groups in total. The lowest BCUT2D eigenvalue weighted by Crippen LogP contribution is -2.32. The summed E-state index contributed by atoms with van der Waals surface area (Å²) in [5, 5.41) is 0. The first-order valence-electron chi connectivity index (χ1n) is 6.34. The van der Waals surface area contributed by atoms with E-state index >= 15 is 0 Å². The molecule has 17 heavy (non-hydrogen) atoms. The molecule has 0 bridgehead atoms. The summed E-state index contributed by atoms with van der Waals surface area (Å²) in [5.41, 5.74) is 8.85. The van der Waals surface area contributed by atoms with Crippen molar-refractivity contribution in [3.05, 3.63) is 35.4 Å². The molecule has 0 saturated carbocycles. The minimum absolute atomic E-state index is 0.243. The van der Waals surface area contributed by atoms with Gasteiger partial charge >= 0.3 is 0 Å². The molecule has 2 atom stereocenters. The van der Waals surface area contributed by atoms with E-state index in [9.17, 15) is 0 Å². The summed E-state index contributed by atoms with van der Waals surface area (Å²) < 4.78 is 5.27. The molecule has 3 heteroatoms. The minimum Gasteiger partial charge on any atom is -0.380 e. The Hall–Kier alpha value is -0.900. The summed E-state index contributed by atoms with van der Waals surface area (Å²) in [6.07, 6.45) is 1.08. The Morgan fingerprint density at radius 2 is 2.18 bits per heavy atom. The lowest BCUT2D eigenvalue weighted by atomic mass is 9.96. The van der Waals surface area contributed by atoms with Crippen LogP contribution in [0.2, 0.25) is 0 Å². The highest BCUT2D eigenvalue weighted by Crippen LogP contribution is 2.32. The topological polar surface area (TPSA) is 38.5 Å². The van der Waals surface area contributed by atoms with Gasteiger partial charge in [0.25, 0.3) is 0 Å². The van der Waals surface area contributed by atoms with Gasteiger partial charge in [-0.25, -0.2) is 0 Å². The average molecular weight is 234 g/mol. The molecule has 1 aliphatic heterocycles. The second kappa shape index (κ2) is 5.63. The van der Waals surface area contributed by atoms with Crippen LogP contribution < -0.4 is 5.73 Å². The van der Waals surface area contributed by atoms with Crippen molar-refractivity contribution in [2.75, 3.05) is 20.2 Å². The molecule has 1 aromatic rings. The molecule has 1 saturated heterocycles. The molecule has 1 heterocycles. The van der Waals surface area contributed by atoms with Crippen molar-refractivity contribution in [2.45, 2.75) is 32.0 Å². The Labute approximate surface area is 104 Å². The van der Waals surface area contributed by atoms with Gasteiger partial charge in [-0.05, 0) is 24.1 Å². The van der Waals surface area contributed by atoms with Crippen molar-refractivity contribution in [1.82, 2.24) is 4.90 Å². The molecule has 1 aliphatic rings. The van der Waals surface area contributed by atoms with E-state index in [0.717, 1.165) is 19.5 Å². The van der Waals surface area contributed by atoms with Crippen LogP contribution in [0.3, 0.4) is 0 Å².